The van der Waals surface area contributed by atoms with Gasteiger partial charge < -0.3 is 0 Å². The fourth-order valence-electron chi connectivity index (χ4n) is 6.04. The first-order valence-electron chi connectivity index (χ1n) is 9.13. The van der Waals surface area contributed by atoms with E-state index in [1.807, 2.05) is 30.3 Å². The van der Waals surface area contributed by atoms with Crippen molar-refractivity contribution in [3.8, 4) is 0 Å². The number of para-hydroxylation sites is 1. The van der Waals surface area contributed by atoms with Crippen LogP contribution in [0, 0.1) is 23.7 Å². The maximum Gasteiger partial charge on any atom is 0.265 e. The summed E-state index contributed by atoms with van der Waals surface area (Å²) in [6.07, 6.45) is 6.86. The Kier molecular flexibility index (Phi) is 3.17. The number of pyridine rings is 1. The normalized spacial score (nSPS) is 33.8. The Hall–Kier alpha value is -1.94. The number of hydrogen-bond acceptors (Lipinski definition) is 3. The van der Waals surface area contributed by atoms with Crippen LogP contribution in [-0.4, -0.2) is 10.9 Å². The van der Waals surface area contributed by atoms with Gasteiger partial charge in [-0.1, -0.05) is 18.2 Å². The number of hydrogen-bond donors (Lipinski definition) is 2. The monoisotopic (exact) mass is 321 g/mol. The number of carbonyl (C=O) groups is 1. The minimum Gasteiger partial charge on any atom is -0.290 e. The number of benzene rings is 1. The summed E-state index contributed by atoms with van der Waals surface area (Å²) in [6.45, 7) is 0. The molecule has 4 heteroatoms. The Morgan fingerprint density at radius 3 is 2.38 bits per heavy atom. The molecule has 124 valence electrons. The van der Waals surface area contributed by atoms with E-state index in [1.165, 1.54) is 32.1 Å². The third kappa shape index (κ3) is 2.09. The first kappa shape index (κ1) is 14.4. The van der Waals surface area contributed by atoms with Crippen LogP contribution < -0.4 is 11.3 Å². The van der Waals surface area contributed by atoms with Gasteiger partial charge in [0.2, 0.25) is 0 Å². The van der Waals surface area contributed by atoms with Crippen molar-refractivity contribution in [1.82, 2.24) is 10.4 Å². The maximum atomic E-state index is 12.3. The van der Waals surface area contributed by atoms with Gasteiger partial charge in [0.1, 0.15) is 0 Å². The van der Waals surface area contributed by atoms with Crippen LogP contribution in [0.5, 0.6) is 0 Å². The number of nitrogens with one attached hydrogen (secondary N) is 1. The van der Waals surface area contributed by atoms with Crippen molar-refractivity contribution in [3.63, 3.8) is 0 Å². The van der Waals surface area contributed by atoms with E-state index < -0.39 is 0 Å². The molecule has 2 aromatic rings. The van der Waals surface area contributed by atoms with Gasteiger partial charge in [0.25, 0.3) is 5.91 Å². The van der Waals surface area contributed by atoms with Crippen LogP contribution in [0.25, 0.3) is 10.9 Å². The van der Waals surface area contributed by atoms with Crippen LogP contribution in [0.2, 0.25) is 0 Å². The van der Waals surface area contributed by atoms with Crippen molar-refractivity contribution in [1.29, 1.82) is 0 Å². The van der Waals surface area contributed by atoms with Crippen LogP contribution in [0.3, 0.4) is 0 Å². The largest absolute Gasteiger partial charge is 0.290 e. The minimum atomic E-state index is -0.223. The number of fused-ring (bicyclic) bond motifs is 1. The molecule has 1 heterocycles. The van der Waals surface area contributed by atoms with E-state index in [2.05, 4.69) is 5.43 Å². The van der Waals surface area contributed by atoms with Crippen molar-refractivity contribution >= 4 is 16.8 Å². The molecule has 4 bridgehead atoms. The van der Waals surface area contributed by atoms with Crippen molar-refractivity contribution < 1.29 is 4.79 Å². The number of amides is 1. The lowest BCUT2D eigenvalue weighted by Gasteiger charge is -2.54. The van der Waals surface area contributed by atoms with E-state index in [0.29, 0.717) is 11.5 Å². The van der Waals surface area contributed by atoms with Crippen LogP contribution in [0.1, 0.15) is 54.1 Å². The van der Waals surface area contributed by atoms with Crippen LogP contribution >= 0.6 is 0 Å². The number of rotatable bonds is 2. The van der Waals surface area contributed by atoms with E-state index in [4.69, 9.17) is 10.8 Å². The van der Waals surface area contributed by atoms with E-state index in [-0.39, 0.29) is 5.91 Å². The molecule has 3 N–H and O–H groups in total. The predicted octanol–water partition coefficient (Wildman–Crippen LogP) is 3.38. The summed E-state index contributed by atoms with van der Waals surface area (Å²) >= 11 is 0. The number of nitrogens with zero attached hydrogens (tertiary/aromatic N) is 1. The Morgan fingerprint density at radius 2 is 1.71 bits per heavy atom. The summed E-state index contributed by atoms with van der Waals surface area (Å²) in [5.41, 5.74) is 4.98. The lowest BCUT2D eigenvalue weighted by Crippen LogP contribution is -2.44. The van der Waals surface area contributed by atoms with Gasteiger partial charge >= 0.3 is 0 Å². The molecule has 4 aliphatic rings. The molecule has 0 aliphatic heterocycles. The zero-order chi connectivity index (χ0) is 16.3. The molecule has 0 atom stereocenters. The average Bonchev–Trinajstić information content (AvgIpc) is 2.59. The molecule has 0 spiro atoms. The van der Waals surface area contributed by atoms with Crippen LogP contribution in [0.15, 0.2) is 30.3 Å². The molecule has 4 aliphatic carbocycles. The van der Waals surface area contributed by atoms with Crippen molar-refractivity contribution in [2.24, 2.45) is 29.5 Å². The first-order chi connectivity index (χ1) is 11.7. The van der Waals surface area contributed by atoms with Gasteiger partial charge in [-0.3, -0.25) is 15.2 Å². The number of aromatic nitrogens is 1. The molecule has 4 fully saturated rings. The van der Waals surface area contributed by atoms with Crippen molar-refractivity contribution in [2.45, 2.75) is 38.0 Å². The van der Waals surface area contributed by atoms with Crippen LogP contribution in [0.4, 0.5) is 0 Å². The maximum absolute atomic E-state index is 12.3. The molecule has 1 aromatic heterocycles. The third-order valence-electron chi connectivity index (χ3n) is 6.68. The molecule has 24 heavy (non-hydrogen) atoms. The Labute approximate surface area is 141 Å². The first-order valence-corrected chi connectivity index (χ1v) is 9.13. The minimum absolute atomic E-state index is 0.223. The summed E-state index contributed by atoms with van der Waals surface area (Å²) in [5.74, 6) is 9.10. The highest BCUT2D eigenvalue weighted by Gasteiger charge is 2.49. The zero-order valence-electron chi connectivity index (χ0n) is 13.7. The topological polar surface area (TPSA) is 68.0 Å². The summed E-state index contributed by atoms with van der Waals surface area (Å²) in [6, 6.07) is 9.90. The van der Waals surface area contributed by atoms with Gasteiger partial charge in [-0.15, -0.1) is 0 Å². The predicted molar refractivity (Wildman–Crippen MR) is 93.2 cm³/mol. The van der Waals surface area contributed by atoms with Gasteiger partial charge in [0.15, 0.2) is 0 Å². The number of hydrazine groups is 1. The van der Waals surface area contributed by atoms with Gasteiger partial charge in [0.05, 0.1) is 11.1 Å². The zero-order valence-corrected chi connectivity index (χ0v) is 13.7. The molecular weight excluding hydrogens is 298 g/mol. The molecule has 0 saturated heterocycles. The van der Waals surface area contributed by atoms with E-state index >= 15 is 0 Å². The second kappa shape index (κ2) is 5.28. The van der Waals surface area contributed by atoms with Crippen LogP contribution in [-0.2, 0) is 0 Å². The Bertz CT molecular complexity index is 788. The second-order valence-electron chi connectivity index (χ2n) is 8.04. The van der Waals surface area contributed by atoms with Crippen molar-refractivity contribution in [2.75, 3.05) is 0 Å². The van der Waals surface area contributed by atoms with Gasteiger partial charge in [-0.05, 0) is 67.9 Å². The highest BCUT2D eigenvalue weighted by Crippen LogP contribution is 2.59. The molecule has 1 amide bonds. The van der Waals surface area contributed by atoms with Gasteiger partial charge in [-0.2, -0.15) is 0 Å². The standard InChI is InChI=1S/C20H23N3O/c21-23-20(24)16-10-18(22-17-4-2-1-3-15(16)17)19-13-6-11-5-12(8-13)9-14(19)7-11/h1-4,10-14,19H,5-9,21H2,(H,23,24). The molecule has 4 nitrogen and oxygen atoms in total. The molecule has 0 unspecified atom stereocenters. The quantitative estimate of drug-likeness (QED) is 0.506. The molecule has 0 radical (unpaired) electrons. The highest BCUT2D eigenvalue weighted by atomic mass is 16.2. The second-order valence-corrected chi connectivity index (χ2v) is 8.04. The van der Waals surface area contributed by atoms with Crippen molar-refractivity contribution in [3.05, 3.63) is 41.6 Å². The lowest BCUT2D eigenvalue weighted by molar-refractivity contribution is -0.00407. The summed E-state index contributed by atoms with van der Waals surface area (Å²) in [4.78, 5) is 17.3. The fraction of sp³-hybridized carbons (Fsp3) is 0.500. The summed E-state index contributed by atoms with van der Waals surface area (Å²) in [7, 11) is 0. The lowest BCUT2D eigenvalue weighted by atomic mass is 9.51. The number of carbonyl (C=O) groups excluding carboxylic acids is 1. The molecule has 1 aromatic carbocycles. The number of nitrogens with two attached hydrogens (primary N) is 1. The van der Waals surface area contributed by atoms with E-state index in [9.17, 15) is 4.79 Å². The Balaban J connectivity index is 1.63. The smallest absolute Gasteiger partial charge is 0.265 e. The molecule has 6 rings (SSSR count). The van der Waals surface area contributed by atoms with E-state index in [1.54, 1.807) is 0 Å². The van der Waals surface area contributed by atoms with Gasteiger partial charge in [-0.25, -0.2) is 5.84 Å². The van der Waals surface area contributed by atoms with Gasteiger partial charge in [0, 0.05) is 17.0 Å². The SMILES string of the molecule is NNC(=O)c1cc(C2C3CC4CC(C3)CC2C4)nc2ccccc12. The summed E-state index contributed by atoms with van der Waals surface area (Å²) in [5, 5.41) is 0.882. The third-order valence-corrected chi connectivity index (χ3v) is 6.68. The molecule has 4 saturated carbocycles. The Morgan fingerprint density at radius 1 is 1.04 bits per heavy atom. The molecular formula is C20H23N3O. The fourth-order valence-corrected chi connectivity index (χ4v) is 6.04. The van der Waals surface area contributed by atoms with E-state index in [0.717, 1.165) is 40.3 Å². The average molecular weight is 321 g/mol. The number of nitrogen functional groups attached to an aromatic ring is 1. The summed E-state index contributed by atoms with van der Waals surface area (Å²) < 4.78 is 0. The highest BCUT2D eigenvalue weighted by molar-refractivity contribution is 6.06.